The first-order valence-corrected chi connectivity index (χ1v) is 9.18. The van der Waals surface area contributed by atoms with E-state index in [1.165, 1.54) is 6.42 Å². The Hall–Kier alpha value is -2.70. The number of hydrogen-bond acceptors (Lipinski definition) is 5. The summed E-state index contributed by atoms with van der Waals surface area (Å²) in [4.78, 5) is 23.4. The predicted octanol–water partition coefficient (Wildman–Crippen LogP) is 2.95. The number of carbonyl (C=O) groups excluding carboxylic acids is 1. The van der Waals surface area contributed by atoms with Crippen LogP contribution >= 0.6 is 0 Å². The second kappa shape index (κ2) is 5.65. The molecule has 26 heavy (non-hydrogen) atoms. The zero-order valence-corrected chi connectivity index (χ0v) is 14.9. The first-order chi connectivity index (χ1) is 12.6. The molecule has 1 amide bonds. The summed E-state index contributed by atoms with van der Waals surface area (Å²) < 4.78 is 7.61. The molecule has 0 aliphatic heterocycles. The van der Waals surface area contributed by atoms with Gasteiger partial charge in [0.25, 0.3) is 11.7 Å². The SMILES string of the molecule is Cc1ccnc2nc(C(=O)N(Cc3ccc(C4CC4C)o3)C3CC3)nn12. The molecular formula is C19H21N5O2. The van der Waals surface area contributed by atoms with Gasteiger partial charge in [0.2, 0.25) is 5.82 Å². The minimum absolute atomic E-state index is 0.157. The van der Waals surface area contributed by atoms with Crippen molar-refractivity contribution in [3.8, 4) is 0 Å². The number of rotatable bonds is 5. The van der Waals surface area contributed by atoms with Crippen LogP contribution in [0.15, 0.2) is 28.8 Å². The lowest BCUT2D eigenvalue weighted by Crippen LogP contribution is -2.33. The zero-order chi connectivity index (χ0) is 17.8. The van der Waals surface area contributed by atoms with Gasteiger partial charge in [0.05, 0.1) is 6.54 Å². The van der Waals surface area contributed by atoms with Gasteiger partial charge in [-0.3, -0.25) is 4.79 Å². The number of hydrogen-bond donors (Lipinski definition) is 0. The van der Waals surface area contributed by atoms with Gasteiger partial charge in [-0.15, -0.1) is 5.10 Å². The van der Waals surface area contributed by atoms with Gasteiger partial charge in [0.1, 0.15) is 11.5 Å². The summed E-state index contributed by atoms with van der Waals surface area (Å²) in [6.07, 6.45) is 4.90. The van der Waals surface area contributed by atoms with E-state index >= 15 is 0 Å². The Morgan fingerprint density at radius 1 is 1.35 bits per heavy atom. The van der Waals surface area contributed by atoms with Crippen molar-refractivity contribution in [1.82, 2.24) is 24.5 Å². The fraction of sp³-hybridized carbons (Fsp3) is 0.474. The number of nitrogens with zero attached hydrogens (tertiary/aromatic N) is 5. The van der Waals surface area contributed by atoms with Crippen LogP contribution in [0.1, 0.15) is 59.9 Å². The van der Waals surface area contributed by atoms with Gasteiger partial charge in [0.15, 0.2) is 0 Å². The lowest BCUT2D eigenvalue weighted by molar-refractivity contribution is 0.0704. The normalized spacial score (nSPS) is 21.9. The molecule has 7 nitrogen and oxygen atoms in total. The summed E-state index contributed by atoms with van der Waals surface area (Å²) >= 11 is 0. The van der Waals surface area contributed by atoms with Crippen LogP contribution in [-0.4, -0.2) is 36.4 Å². The molecule has 0 radical (unpaired) electrons. The average molecular weight is 351 g/mol. The first-order valence-electron chi connectivity index (χ1n) is 9.18. The van der Waals surface area contributed by atoms with Crippen LogP contribution in [0, 0.1) is 12.8 Å². The predicted molar refractivity (Wildman–Crippen MR) is 93.6 cm³/mol. The lowest BCUT2D eigenvalue weighted by atomic mass is 10.3. The van der Waals surface area contributed by atoms with Crippen molar-refractivity contribution >= 4 is 11.7 Å². The molecule has 0 bridgehead atoms. The molecule has 3 aromatic heterocycles. The minimum Gasteiger partial charge on any atom is -0.464 e. The Balaban J connectivity index is 1.40. The molecule has 0 saturated heterocycles. The van der Waals surface area contributed by atoms with Crippen molar-refractivity contribution in [2.75, 3.05) is 0 Å². The van der Waals surface area contributed by atoms with E-state index in [9.17, 15) is 4.79 Å². The first kappa shape index (κ1) is 15.5. The van der Waals surface area contributed by atoms with Crippen LogP contribution < -0.4 is 0 Å². The topological polar surface area (TPSA) is 76.5 Å². The molecule has 0 N–H and O–H groups in total. The van der Waals surface area contributed by atoms with Crippen LogP contribution in [0.3, 0.4) is 0 Å². The summed E-state index contributed by atoms with van der Waals surface area (Å²) in [6, 6.07) is 6.13. The Kier molecular flexibility index (Phi) is 3.38. The van der Waals surface area contributed by atoms with Gasteiger partial charge in [0, 0.05) is 23.9 Å². The van der Waals surface area contributed by atoms with E-state index in [0.29, 0.717) is 24.2 Å². The van der Waals surface area contributed by atoms with Gasteiger partial charge < -0.3 is 9.32 Å². The average Bonchev–Trinajstić information content (AvgIpc) is 3.50. The highest BCUT2D eigenvalue weighted by Gasteiger charge is 2.38. The van der Waals surface area contributed by atoms with E-state index in [4.69, 9.17) is 4.42 Å². The maximum absolute atomic E-state index is 13.0. The molecule has 2 aliphatic rings. The van der Waals surface area contributed by atoms with Crippen molar-refractivity contribution in [2.45, 2.75) is 51.6 Å². The van der Waals surface area contributed by atoms with E-state index in [-0.39, 0.29) is 17.8 Å². The quantitative estimate of drug-likeness (QED) is 0.706. The van der Waals surface area contributed by atoms with Crippen molar-refractivity contribution in [3.63, 3.8) is 0 Å². The molecule has 2 unspecified atom stereocenters. The molecular weight excluding hydrogens is 330 g/mol. The van der Waals surface area contributed by atoms with Crippen LogP contribution in [0.5, 0.6) is 0 Å². The van der Waals surface area contributed by atoms with Gasteiger partial charge in [-0.25, -0.2) is 9.50 Å². The second-order valence-corrected chi connectivity index (χ2v) is 7.52. The summed E-state index contributed by atoms with van der Waals surface area (Å²) in [5.41, 5.74) is 0.897. The highest BCUT2D eigenvalue weighted by molar-refractivity contribution is 5.91. The Morgan fingerprint density at radius 3 is 2.85 bits per heavy atom. The molecule has 0 aromatic carbocycles. The van der Waals surface area contributed by atoms with Gasteiger partial charge in [-0.1, -0.05) is 6.92 Å². The fourth-order valence-electron chi connectivity index (χ4n) is 3.44. The second-order valence-electron chi connectivity index (χ2n) is 7.52. The van der Waals surface area contributed by atoms with E-state index in [0.717, 1.165) is 30.1 Å². The monoisotopic (exact) mass is 351 g/mol. The molecule has 2 fully saturated rings. The summed E-state index contributed by atoms with van der Waals surface area (Å²) in [7, 11) is 0. The summed E-state index contributed by atoms with van der Waals surface area (Å²) in [5.74, 6) is 3.61. The molecule has 2 saturated carbocycles. The number of aromatic nitrogens is 4. The van der Waals surface area contributed by atoms with E-state index in [1.54, 1.807) is 10.7 Å². The molecule has 3 aromatic rings. The third-order valence-electron chi connectivity index (χ3n) is 5.35. The molecule has 3 heterocycles. The van der Waals surface area contributed by atoms with Gasteiger partial charge in [-0.2, -0.15) is 4.98 Å². The molecule has 5 rings (SSSR count). The molecule has 2 aliphatic carbocycles. The molecule has 7 heteroatoms. The largest absolute Gasteiger partial charge is 0.464 e. The van der Waals surface area contributed by atoms with Crippen LogP contribution in [0.2, 0.25) is 0 Å². The molecule has 134 valence electrons. The zero-order valence-electron chi connectivity index (χ0n) is 14.9. The van der Waals surface area contributed by atoms with Gasteiger partial charge >= 0.3 is 0 Å². The maximum atomic E-state index is 13.0. The van der Waals surface area contributed by atoms with Gasteiger partial charge in [-0.05, 0) is 50.3 Å². The Bertz CT molecular complexity index is 987. The van der Waals surface area contributed by atoms with Crippen molar-refractivity contribution in [2.24, 2.45) is 5.92 Å². The van der Waals surface area contributed by atoms with Crippen molar-refractivity contribution in [3.05, 3.63) is 47.4 Å². The molecule has 2 atom stereocenters. The maximum Gasteiger partial charge on any atom is 0.294 e. The third-order valence-corrected chi connectivity index (χ3v) is 5.35. The number of fused-ring (bicyclic) bond motifs is 1. The fourth-order valence-corrected chi connectivity index (χ4v) is 3.44. The minimum atomic E-state index is -0.157. The number of furan rings is 1. The standard InChI is InChI=1S/C19H21N5O2/c1-11-9-15(11)16-6-5-14(26-16)10-23(13-3-4-13)18(25)17-21-19-20-8-7-12(2)24(19)22-17/h5-8,11,13,15H,3-4,9-10H2,1-2H3. The number of aryl methyl sites for hydroxylation is 1. The van der Waals surface area contributed by atoms with Crippen LogP contribution in [-0.2, 0) is 6.54 Å². The molecule has 0 spiro atoms. The van der Waals surface area contributed by atoms with Crippen LogP contribution in [0.25, 0.3) is 5.78 Å². The highest BCUT2D eigenvalue weighted by Crippen LogP contribution is 2.47. The van der Waals surface area contributed by atoms with E-state index in [1.807, 2.05) is 24.0 Å². The summed E-state index contributed by atoms with van der Waals surface area (Å²) in [5, 5.41) is 4.36. The number of carbonyl (C=O) groups is 1. The summed E-state index contributed by atoms with van der Waals surface area (Å²) in [6.45, 7) is 4.62. The Morgan fingerprint density at radius 2 is 2.15 bits per heavy atom. The highest BCUT2D eigenvalue weighted by atomic mass is 16.3. The Labute approximate surface area is 151 Å². The number of amides is 1. The van der Waals surface area contributed by atoms with Crippen LogP contribution in [0.4, 0.5) is 0 Å². The van der Waals surface area contributed by atoms with E-state index in [2.05, 4.69) is 28.1 Å². The third kappa shape index (κ3) is 2.67. The van der Waals surface area contributed by atoms with Crippen molar-refractivity contribution in [1.29, 1.82) is 0 Å². The smallest absolute Gasteiger partial charge is 0.294 e. The van der Waals surface area contributed by atoms with Crippen molar-refractivity contribution < 1.29 is 9.21 Å². The lowest BCUT2D eigenvalue weighted by Gasteiger charge is -2.19. The van der Waals surface area contributed by atoms with E-state index < -0.39 is 0 Å².